The molecular formula is C61H110O6. The number of hydrogen-bond acceptors (Lipinski definition) is 6. The normalized spacial score (nSPS) is 12.3. The van der Waals surface area contributed by atoms with Crippen molar-refractivity contribution in [1.29, 1.82) is 0 Å². The molecule has 6 nitrogen and oxygen atoms in total. The Hall–Kier alpha value is -2.63. The highest BCUT2D eigenvalue weighted by molar-refractivity contribution is 5.71. The molecule has 0 aromatic heterocycles. The van der Waals surface area contributed by atoms with E-state index < -0.39 is 6.10 Å². The van der Waals surface area contributed by atoms with Gasteiger partial charge < -0.3 is 14.2 Å². The van der Waals surface area contributed by atoms with Crippen LogP contribution in [0.25, 0.3) is 0 Å². The minimum atomic E-state index is -0.779. The predicted octanol–water partition coefficient (Wildman–Crippen LogP) is 19.4. The second-order valence-corrected chi connectivity index (χ2v) is 19.6. The molecular weight excluding hydrogens is 829 g/mol. The van der Waals surface area contributed by atoms with E-state index in [1.807, 2.05) is 0 Å². The molecule has 390 valence electrons. The Bertz CT molecular complexity index is 1170. The third-order valence-electron chi connectivity index (χ3n) is 12.8. The summed E-state index contributed by atoms with van der Waals surface area (Å²) in [6, 6.07) is 0. The number of rotatable bonds is 53. The molecule has 0 saturated heterocycles. The molecule has 0 aromatic carbocycles. The third kappa shape index (κ3) is 54.2. The summed E-state index contributed by atoms with van der Waals surface area (Å²) in [5, 5.41) is 0. The van der Waals surface area contributed by atoms with Crippen molar-refractivity contribution in [1.82, 2.24) is 0 Å². The van der Waals surface area contributed by atoms with Crippen LogP contribution in [0.5, 0.6) is 0 Å². The van der Waals surface area contributed by atoms with Crippen LogP contribution in [0.15, 0.2) is 48.6 Å². The van der Waals surface area contributed by atoms with Crippen LogP contribution in [0.2, 0.25) is 0 Å². The van der Waals surface area contributed by atoms with E-state index in [1.165, 1.54) is 180 Å². The smallest absolute Gasteiger partial charge is 0.306 e. The number of carbonyl (C=O) groups excluding carboxylic acids is 3. The number of carbonyl (C=O) groups is 3. The van der Waals surface area contributed by atoms with Gasteiger partial charge in [0.05, 0.1) is 0 Å². The summed E-state index contributed by atoms with van der Waals surface area (Å²) >= 11 is 0. The van der Waals surface area contributed by atoms with E-state index >= 15 is 0 Å². The summed E-state index contributed by atoms with van der Waals surface area (Å²) in [6.45, 7) is 6.61. The fraction of sp³-hybridized carbons (Fsp3) is 0.820. The van der Waals surface area contributed by atoms with Gasteiger partial charge in [-0.1, -0.05) is 249 Å². The molecule has 0 bridgehead atoms. The van der Waals surface area contributed by atoms with Crippen molar-refractivity contribution in [3.05, 3.63) is 48.6 Å². The molecule has 0 aliphatic heterocycles. The lowest BCUT2D eigenvalue weighted by atomic mass is 10.0. The van der Waals surface area contributed by atoms with E-state index in [2.05, 4.69) is 69.4 Å². The highest BCUT2D eigenvalue weighted by Crippen LogP contribution is 2.16. The van der Waals surface area contributed by atoms with Crippen LogP contribution in [-0.2, 0) is 28.6 Å². The average Bonchev–Trinajstić information content (AvgIpc) is 3.33. The van der Waals surface area contributed by atoms with Crippen molar-refractivity contribution in [2.24, 2.45) is 0 Å². The van der Waals surface area contributed by atoms with Crippen LogP contribution >= 0.6 is 0 Å². The second kappa shape index (κ2) is 56.0. The maximum atomic E-state index is 12.9. The first-order valence-corrected chi connectivity index (χ1v) is 29.1. The fourth-order valence-corrected chi connectivity index (χ4v) is 8.39. The molecule has 0 radical (unpaired) electrons. The van der Waals surface area contributed by atoms with Crippen LogP contribution in [0.3, 0.4) is 0 Å². The summed E-state index contributed by atoms with van der Waals surface area (Å²) in [4.78, 5) is 38.2. The highest BCUT2D eigenvalue weighted by atomic mass is 16.6. The van der Waals surface area contributed by atoms with Crippen LogP contribution in [0.4, 0.5) is 0 Å². The minimum absolute atomic E-state index is 0.0763. The number of unbranched alkanes of at least 4 members (excludes halogenated alkanes) is 34. The van der Waals surface area contributed by atoms with E-state index in [-0.39, 0.29) is 31.1 Å². The number of allylic oxidation sites excluding steroid dienone is 8. The Kier molecular flexibility index (Phi) is 53.8. The monoisotopic (exact) mass is 939 g/mol. The zero-order valence-electron chi connectivity index (χ0n) is 44.7. The van der Waals surface area contributed by atoms with Crippen molar-refractivity contribution in [3.63, 3.8) is 0 Å². The Balaban J connectivity index is 4.37. The Morgan fingerprint density at radius 3 is 0.851 bits per heavy atom. The zero-order chi connectivity index (χ0) is 48.6. The molecule has 0 heterocycles. The topological polar surface area (TPSA) is 78.9 Å². The van der Waals surface area contributed by atoms with Gasteiger partial charge in [-0.25, -0.2) is 0 Å². The summed E-state index contributed by atoms with van der Waals surface area (Å²) in [7, 11) is 0. The first kappa shape index (κ1) is 64.4. The Morgan fingerprint density at radius 1 is 0.299 bits per heavy atom. The Morgan fingerprint density at radius 2 is 0.537 bits per heavy atom. The lowest BCUT2D eigenvalue weighted by molar-refractivity contribution is -0.167. The van der Waals surface area contributed by atoms with Gasteiger partial charge >= 0.3 is 17.9 Å². The summed E-state index contributed by atoms with van der Waals surface area (Å²) in [5.74, 6) is -0.880. The first-order valence-electron chi connectivity index (χ1n) is 29.1. The molecule has 0 amide bonds. The quantitative estimate of drug-likeness (QED) is 0.0262. The van der Waals surface area contributed by atoms with Crippen LogP contribution in [0, 0.1) is 0 Å². The molecule has 0 unspecified atom stereocenters. The van der Waals surface area contributed by atoms with Gasteiger partial charge in [0.1, 0.15) is 13.2 Å². The third-order valence-corrected chi connectivity index (χ3v) is 12.8. The molecule has 0 rings (SSSR count). The molecule has 0 aromatic rings. The van der Waals surface area contributed by atoms with E-state index in [9.17, 15) is 14.4 Å². The lowest BCUT2D eigenvalue weighted by Gasteiger charge is -2.18. The Labute approximate surface area is 416 Å². The maximum absolute atomic E-state index is 12.9. The first-order chi connectivity index (χ1) is 33.0. The van der Waals surface area contributed by atoms with Gasteiger partial charge in [0, 0.05) is 19.3 Å². The van der Waals surface area contributed by atoms with Crippen LogP contribution in [0.1, 0.15) is 303 Å². The van der Waals surface area contributed by atoms with Crippen LogP contribution < -0.4 is 0 Å². The van der Waals surface area contributed by atoms with E-state index in [0.29, 0.717) is 19.3 Å². The van der Waals surface area contributed by atoms with Gasteiger partial charge in [0.2, 0.25) is 0 Å². The molecule has 0 aliphatic carbocycles. The van der Waals surface area contributed by atoms with Gasteiger partial charge in [0.15, 0.2) is 6.10 Å². The van der Waals surface area contributed by atoms with Gasteiger partial charge in [0.25, 0.3) is 0 Å². The number of hydrogen-bond donors (Lipinski definition) is 0. The predicted molar refractivity (Wildman–Crippen MR) is 289 cm³/mol. The molecule has 0 spiro atoms. The second-order valence-electron chi connectivity index (χ2n) is 19.6. The summed E-state index contributed by atoms with van der Waals surface area (Å²) in [5.41, 5.74) is 0. The van der Waals surface area contributed by atoms with Crippen molar-refractivity contribution >= 4 is 17.9 Å². The van der Waals surface area contributed by atoms with Gasteiger partial charge in [-0.15, -0.1) is 0 Å². The SMILES string of the molecule is CCCCC/C=C\C/C=C\CCCCCCCCCCCC(=O)O[C@H](COC(=O)CCCCCCC/C=C\C/C=C\CCCCC)COC(=O)CCCCCCCCCCCCCCCCC. The molecule has 0 N–H and O–H groups in total. The highest BCUT2D eigenvalue weighted by Gasteiger charge is 2.19. The number of ether oxygens (including phenoxy) is 3. The van der Waals surface area contributed by atoms with E-state index in [0.717, 1.165) is 83.5 Å². The maximum Gasteiger partial charge on any atom is 0.306 e. The standard InChI is InChI=1S/C61H110O6/c1-4-7-10-13-16-19-22-25-28-29-30-31-34-37-40-43-46-49-52-55-61(64)67-58(56-65-59(62)53-50-47-44-41-38-35-32-26-23-20-17-14-11-8-5-2)57-66-60(63)54-51-48-45-42-39-36-33-27-24-21-18-15-12-9-6-3/h16-17,19-20,25-26,28,32,58H,4-15,18,21-24,27,29-31,33-57H2,1-3H3/b19-16-,20-17-,28-25-,32-26-/t58-/m1/s1. The van der Waals surface area contributed by atoms with Crippen molar-refractivity contribution < 1.29 is 28.6 Å². The van der Waals surface area contributed by atoms with Crippen LogP contribution in [-0.4, -0.2) is 37.2 Å². The van der Waals surface area contributed by atoms with E-state index in [4.69, 9.17) is 14.2 Å². The van der Waals surface area contributed by atoms with Crippen molar-refractivity contribution in [2.45, 2.75) is 309 Å². The molecule has 0 fully saturated rings. The fourth-order valence-electron chi connectivity index (χ4n) is 8.39. The van der Waals surface area contributed by atoms with Gasteiger partial charge in [-0.3, -0.25) is 14.4 Å². The largest absolute Gasteiger partial charge is 0.462 e. The van der Waals surface area contributed by atoms with Crippen molar-refractivity contribution in [2.75, 3.05) is 13.2 Å². The number of esters is 3. The lowest BCUT2D eigenvalue weighted by Crippen LogP contribution is -2.30. The molecule has 0 saturated carbocycles. The molecule has 0 aliphatic rings. The molecule has 1 atom stereocenters. The molecule has 67 heavy (non-hydrogen) atoms. The van der Waals surface area contributed by atoms with E-state index in [1.54, 1.807) is 0 Å². The minimum Gasteiger partial charge on any atom is -0.462 e. The molecule has 6 heteroatoms. The average molecular weight is 940 g/mol. The zero-order valence-corrected chi connectivity index (χ0v) is 44.7. The van der Waals surface area contributed by atoms with Gasteiger partial charge in [-0.05, 0) is 83.5 Å². The van der Waals surface area contributed by atoms with Gasteiger partial charge in [-0.2, -0.15) is 0 Å². The summed E-state index contributed by atoms with van der Waals surface area (Å²) < 4.78 is 16.9. The summed E-state index contributed by atoms with van der Waals surface area (Å²) in [6.07, 6.45) is 68.1. The van der Waals surface area contributed by atoms with Crippen molar-refractivity contribution in [3.8, 4) is 0 Å².